The van der Waals surface area contributed by atoms with Gasteiger partial charge in [0, 0.05) is 36.3 Å². The van der Waals surface area contributed by atoms with Crippen molar-refractivity contribution in [2.24, 2.45) is 5.41 Å². The molecule has 3 heterocycles. The highest BCUT2D eigenvalue weighted by molar-refractivity contribution is 5.80. The maximum atomic E-state index is 13.8. The maximum Gasteiger partial charge on any atom is 0.439 e. The minimum Gasteiger partial charge on any atom is -0.342 e. The van der Waals surface area contributed by atoms with E-state index in [1.807, 2.05) is 60.4 Å². The quantitative estimate of drug-likeness (QED) is 0.336. The first-order chi connectivity index (χ1) is 19.6. The van der Waals surface area contributed by atoms with Gasteiger partial charge < -0.3 is 4.90 Å². The SMILES string of the molecule is CCCc1nc(C)c(CC(=O)N2CCC(C)(C)CC2)c(=O)n1Cc1ccc(-c2ccccc2-c2noc(=O)[nH]2)cc1. The van der Waals surface area contributed by atoms with Crippen molar-refractivity contribution in [2.75, 3.05) is 13.1 Å². The first-order valence-electron chi connectivity index (χ1n) is 14.3. The van der Waals surface area contributed by atoms with Crippen molar-refractivity contribution in [3.63, 3.8) is 0 Å². The number of carbonyl (C=O) groups is 1. The summed E-state index contributed by atoms with van der Waals surface area (Å²) in [4.78, 5) is 47.8. The average Bonchev–Trinajstić information content (AvgIpc) is 3.39. The first-order valence-corrected chi connectivity index (χ1v) is 14.3. The van der Waals surface area contributed by atoms with Crippen LogP contribution in [0.3, 0.4) is 0 Å². The number of nitrogens with one attached hydrogen (secondary N) is 1. The number of aryl methyl sites for hydroxylation is 2. The average molecular weight is 556 g/mol. The summed E-state index contributed by atoms with van der Waals surface area (Å²) in [5, 5.41) is 3.84. The first kappa shape index (κ1) is 28.3. The second-order valence-electron chi connectivity index (χ2n) is 11.6. The van der Waals surface area contributed by atoms with E-state index in [0.717, 1.165) is 60.4 Å². The van der Waals surface area contributed by atoms with Crippen LogP contribution in [0.4, 0.5) is 0 Å². The third-order valence-corrected chi connectivity index (χ3v) is 8.05. The molecule has 1 aliphatic heterocycles. The van der Waals surface area contributed by atoms with Gasteiger partial charge in [-0.1, -0.05) is 74.5 Å². The zero-order valence-electron chi connectivity index (χ0n) is 24.2. The number of amides is 1. The number of piperidine rings is 1. The van der Waals surface area contributed by atoms with Gasteiger partial charge in [0.1, 0.15) is 5.82 Å². The Morgan fingerprint density at radius 1 is 1.02 bits per heavy atom. The number of rotatable bonds is 8. The molecule has 0 unspecified atom stereocenters. The van der Waals surface area contributed by atoms with E-state index in [9.17, 15) is 14.4 Å². The van der Waals surface area contributed by atoms with Crippen molar-refractivity contribution in [1.82, 2.24) is 24.6 Å². The normalized spacial score (nSPS) is 14.8. The van der Waals surface area contributed by atoms with Crippen molar-refractivity contribution in [2.45, 2.75) is 66.3 Å². The standard InChI is InChI=1S/C32H37N5O4/c1-5-8-27-33-21(2)26(19-28(38)36-17-15-32(3,4)16-18-36)30(39)37(27)20-22-11-13-23(14-12-22)24-9-6-7-10-25(24)29-34-31(40)41-35-29/h6-7,9-14H,5,8,15-20H2,1-4H3,(H,34,35,40). The molecule has 0 atom stereocenters. The van der Waals surface area contributed by atoms with Crippen LogP contribution < -0.4 is 11.3 Å². The highest BCUT2D eigenvalue weighted by atomic mass is 16.5. The molecule has 4 aromatic rings. The Morgan fingerprint density at radius 3 is 2.34 bits per heavy atom. The van der Waals surface area contributed by atoms with Crippen molar-refractivity contribution < 1.29 is 9.32 Å². The Bertz CT molecular complexity index is 1650. The summed E-state index contributed by atoms with van der Waals surface area (Å²) in [6.45, 7) is 10.2. The van der Waals surface area contributed by atoms with Crippen LogP contribution in [0.2, 0.25) is 0 Å². The summed E-state index contributed by atoms with van der Waals surface area (Å²) >= 11 is 0. The molecule has 1 N–H and O–H groups in total. The molecule has 9 heteroatoms. The molecule has 1 saturated heterocycles. The van der Waals surface area contributed by atoms with E-state index in [1.165, 1.54) is 0 Å². The van der Waals surface area contributed by atoms with Gasteiger partial charge in [-0.2, -0.15) is 0 Å². The zero-order valence-corrected chi connectivity index (χ0v) is 24.2. The van der Waals surface area contributed by atoms with Gasteiger partial charge in [0.2, 0.25) is 5.91 Å². The Balaban J connectivity index is 1.41. The van der Waals surface area contributed by atoms with Gasteiger partial charge in [0.15, 0.2) is 5.82 Å². The summed E-state index contributed by atoms with van der Waals surface area (Å²) in [6, 6.07) is 15.6. The van der Waals surface area contributed by atoms with Crippen LogP contribution in [0, 0.1) is 12.3 Å². The minimum absolute atomic E-state index is 0.00577. The van der Waals surface area contributed by atoms with Crippen LogP contribution in [-0.4, -0.2) is 43.6 Å². The largest absolute Gasteiger partial charge is 0.439 e. The van der Waals surface area contributed by atoms with Gasteiger partial charge in [-0.3, -0.25) is 23.7 Å². The van der Waals surface area contributed by atoms with Gasteiger partial charge in [0.05, 0.1) is 13.0 Å². The molecule has 1 amide bonds. The van der Waals surface area contributed by atoms with Gasteiger partial charge in [0.25, 0.3) is 5.56 Å². The molecule has 0 radical (unpaired) electrons. The Kier molecular flexibility index (Phi) is 8.06. The van der Waals surface area contributed by atoms with Gasteiger partial charge >= 0.3 is 5.76 Å². The van der Waals surface area contributed by atoms with Crippen LogP contribution in [0.25, 0.3) is 22.5 Å². The Morgan fingerprint density at radius 2 is 1.71 bits per heavy atom. The minimum atomic E-state index is -0.605. The molecule has 9 nitrogen and oxygen atoms in total. The lowest BCUT2D eigenvalue weighted by Gasteiger charge is -2.37. The molecule has 2 aromatic carbocycles. The summed E-state index contributed by atoms with van der Waals surface area (Å²) in [5.41, 5.74) is 4.75. The van der Waals surface area contributed by atoms with E-state index in [1.54, 1.807) is 4.57 Å². The summed E-state index contributed by atoms with van der Waals surface area (Å²) in [7, 11) is 0. The third kappa shape index (κ3) is 6.24. The maximum absolute atomic E-state index is 13.8. The smallest absolute Gasteiger partial charge is 0.342 e. The highest BCUT2D eigenvalue weighted by Gasteiger charge is 2.29. The fourth-order valence-electron chi connectivity index (χ4n) is 5.42. The molecule has 0 spiro atoms. The van der Waals surface area contributed by atoms with Crippen LogP contribution >= 0.6 is 0 Å². The van der Waals surface area contributed by atoms with Gasteiger partial charge in [-0.25, -0.2) is 9.78 Å². The molecular weight excluding hydrogens is 518 g/mol. The molecule has 41 heavy (non-hydrogen) atoms. The van der Waals surface area contributed by atoms with E-state index in [4.69, 9.17) is 9.51 Å². The molecule has 214 valence electrons. The molecular formula is C32H37N5O4. The van der Waals surface area contributed by atoms with Crippen LogP contribution in [0.5, 0.6) is 0 Å². The number of carbonyl (C=O) groups excluding carboxylic acids is 1. The van der Waals surface area contributed by atoms with Crippen molar-refractivity contribution in [3.05, 3.63) is 92.1 Å². The lowest BCUT2D eigenvalue weighted by Crippen LogP contribution is -2.43. The molecule has 0 aliphatic carbocycles. The fraction of sp³-hybridized carbons (Fsp3) is 0.406. The lowest BCUT2D eigenvalue weighted by atomic mass is 9.82. The third-order valence-electron chi connectivity index (χ3n) is 8.05. The Labute approximate surface area is 239 Å². The second kappa shape index (κ2) is 11.7. The predicted octanol–water partition coefficient (Wildman–Crippen LogP) is 4.75. The van der Waals surface area contributed by atoms with E-state index < -0.39 is 5.76 Å². The number of benzene rings is 2. The fourth-order valence-corrected chi connectivity index (χ4v) is 5.42. The number of hydrogen-bond acceptors (Lipinski definition) is 6. The topological polar surface area (TPSA) is 114 Å². The molecule has 0 saturated carbocycles. The Hall–Kier alpha value is -4.27. The number of H-pyrrole nitrogens is 1. The van der Waals surface area contributed by atoms with E-state index >= 15 is 0 Å². The monoisotopic (exact) mass is 555 g/mol. The summed E-state index contributed by atoms with van der Waals surface area (Å²) in [6.07, 6.45) is 3.53. The van der Waals surface area contributed by atoms with Crippen molar-refractivity contribution in [1.29, 1.82) is 0 Å². The summed E-state index contributed by atoms with van der Waals surface area (Å²) in [5.74, 6) is 0.488. The van der Waals surface area contributed by atoms with Crippen LogP contribution in [0.15, 0.2) is 62.6 Å². The van der Waals surface area contributed by atoms with Crippen molar-refractivity contribution >= 4 is 5.91 Å². The van der Waals surface area contributed by atoms with Gasteiger partial charge in [-0.15, -0.1) is 0 Å². The number of aromatic amines is 1. The summed E-state index contributed by atoms with van der Waals surface area (Å²) < 4.78 is 6.42. The van der Waals surface area contributed by atoms with E-state index in [2.05, 4.69) is 30.9 Å². The molecule has 2 aromatic heterocycles. The lowest BCUT2D eigenvalue weighted by molar-refractivity contribution is -0.132. The highest BCUT2D eigenvalue weighted by Crippen LogP contribution is 2.31. The zero-order chi connectivity index (χ0) is 29.1. The predicted molar refractivity (Wildman–Crippen MR) is 158 cm³/mol. The van der Waals surface area contributed by atoms with E-state index in [0.29, 0.717) is 30.0 Å². The second-order valence-corrected chi connectivity index (χ2v) is 11.6. The van der Waals surface area contributed by atoms with Crippen LogP contribution in [0.1, 0.15) is 62.7 Å². The molecule has 5 rings (SSSR count). The van der Waals surface area contributed by atoms with E-state index in [-0.39, 0.29) is 23.3 Å². The van der Waals surface area contributed by atoms with Crippen molar-refractivity contribution in [3.8, 4) is 22.5 Å². The van der Waals surface area contributed by atoms with Gasteiger partial charge in [-0.05, 0) is 48.3 Å². The molecule has 1 fully saturated rings. The number of likely N-dealkylation sites (tertiary alicyclic amines) is 1. The number of hydrogen-bond donors (Lipinski definition) is 1. The number of aromatic nitrogens is 4. The van der Waals surface area contributed by atoms with Crippen LogP contribution in [-0.2, 0) is 24.2 Å². The molecule has 0 bridgehead atoms. The number of nitrogens with zero attached hydrogens (tertiary/aromatic N) is 4. The molecule has 1 aliphatic rings.